The van der Waals surface area contributed by atoms with Crippen LogP contribution in [0, 0.1) is 0 Å². The van der Waals surface area contributed by atoms with Gasteiger partial charge >= 0.3 is 0 Å². The molecule has 92 valence electrons. The molecule has 0 atom stereocenters. The van der Waals surface area contributed by atoms with Crippen LogP contribution in [0.15, 0.2) is 24.3 Å². The van der Waals surface area contributed by atoms with Crippen molar-refractivity contribution in [3.05, 3.63) is 29.8 Å². The molecule has 1 aromatic rings. The molecule has 0 aliphatic carbocycles. The molecule has 0 fully saturated rings. The average molecular weight is 235 g/mol. The first-order valence-corrected chi connectivity index (χ1v) is 5.46. The van der Waals surface area contributed by atoms with Gasteiger partial charge < -0.3 is 19.4 Å². The van der Waals surface area contributed by atoms with E-state index < -0.39 is 5.97 Å². The van der Waals surface area contributed by atoms with Crippen molar-refractivity contribution in [1.82, 2.24) is 0 Å². The highest BCUT2D eigenvalue weighted by Crippen LogP contribution is 2.26. The molecule has 0 unspecified atom stereocenters. The largest absolute Gasteiger partial charge is 0.545 e. The number of rotatable bonds is 6. The zero-order valence-electron chi connectivity index (χ0n) is 9.93. The van der Waals surface area contributed by atoms with Crippen LogP contribution < -0.4 is 14.6 Å². The fraction of sp³-hybridized carbons (Fsp3) is 0.308. The summed E-state index contributed by atoms with van der Waals surface area (Å²) in [4.78, 5) is 10.3. The number of benzene rings is 1. The van der Waals surface area contributed by atoms with Gasteiger partial charge in [-0.3, -0.25) is 0 Å². The van der Waals surface area contributed by atoms with Gasteiger partial charge in [0, 0.05) is 11.6 Å². The molecule has 1 aromatic carbocycles. The van der Waals surface area contributed by atoms with Crippen molar-refractivity contribution in [2.45, 2.75) is 13.8 Å². The molecule has 0 amide bonds. The molecule has 0 saturated carbocycles. The van der Waals surface area contributed by atoms with Gasteiger partial charge in [0.15, 0.2) is 0 Å². The Morgan fingerprint density at radius 3 is 2.59 bits per heavy atom. The van der Waals surface area contributed by atoms with Gasteiger partial charge in [-0.05, 0) is 38.1 Å². The summed E-state index contributed by atoms with van der Waals surface area (Å²) in [5.41, 5.74) is 0.680. The zero-order chi connectivity index (χ0) is 12.7. The molecule has 0 radical (unpaired) electrons. The summed E-state index contributed by atoms with van der Waals surface area (Å²) >= 11 is 0. The Morgan fingerprint density at radius 1 is 1.29 bits per heavy atom. The number of aliphatic carboxylic acids is 1. The number of carboxylic acids is 1. The van der Waals surface area contributed by atoms with Crippen LogP contribution >= 0.6 is 0 Å². The topological polar surface area (TPSA) is 58.6 Å². The highest BCUT2D eigenvalue weighted by Gasteiger charge is 2.03. The Bertz CT molecular complexity index is 410. The van der Waals surface area contributed by atoms with E-state index in [0.717, 1.165) is 6.08 Å². The van der Waals surface area contributed by atoms with Crippen molar-refractivity contribution in [2.75, 3.05) is 13.2 Å². The smallest absolute Gasteiger partial charge is 0.130 e. The van der Waals surface area contributed by atoms with Gasteiger partial charge in [-0.1, -0.05) is 0 Å². The molecule has 0 N–H and O–H groups in total. The Labute approximate surface area is 100 Å². The molecule has 0 heterocycles. The summed E-state index contributed by atoms with van der Waals surface area (Å²) in [6.45, 7) is 4.82. The van der Waals surface area contributed by atoms with Crippen LogP contribution in [0.1, 0.15) is 19.4 Å². The normalized spacial score (nSPS) is 10.5. The number of carbonyl (C=O) groups is 1. The summed E-state index contributed by atoms with van der Waals surface area (Å²) in [5, 5.41) is 10.3. The second-order valence-corrected chi connectivity index (χ2v) is 3.22. The molecule has 0 saturated heterocycles. The minimum absolute atomic E-state index is 0.502. The minimum atomic E-state index is -1.23. The van der Waals surface area contributed by atoms with Gasteiger partial charge in [0.05, 0.1) is 19.2 Å². The first-order valence-electron chi connectivity index (χ1n) is 5.46. The lowest BCUT2D eigenvalue weighted by molar-refractivity contribution is -0.297. The van der Waals surface area contributed by atoms with E-state index >= 15 is 0 Å². The van der Waals surface area contributed by atoms with Crippen molar-refractivity contribution < 1.29 is 19.4 Å². The SMILES string of the molecule is CCOc1ccc(/C=C/C(=O)[O-])c(OCC)c1. The van der Waals surface area contributed by atoms with E-state index in [2.05, 4.69) is 0 Å². The number of hydrogen-bond donors (Lipinski definition) is 0. The van der Waals surface area contributed by atoms with E-state index in [1.165, 1.54) is 6.08 Å². The Morgan fingerprint density at radius 2 is 2.00 bits per heavy atom. The molecular formula is C13H15O4-. The summed E-state index contributed by atoms with van der Waals surface area (Å²) < 4.78 is 10.8. The number of carbonyl (C=O) groups excluding carboxylic acids is 1. The summed E-state index contributed by atoms with van der Waals surface area (Å²) in [7, 11) is 0. The molecule has 4 heteroatoms. The maximum absolute atomic E-state index is 10.3. The van der Waals surface area contributed by atoms with Gasteiger partial charge in [-0.25, -0.2) is 0 Å². The second kappa shape index (κ2) is 6.58. The monoisotopic (exact) mass is 235 g/mol. The summed E-state index contributed by atoms with van der Waals surface area (Å²) in [5.74, 6) is 0.0545. The fourth-order valence-electron chi connectivity index (χ4n) is 1.35. The molecule has 4 nitrogen and oxygen atoms in total. The number of carboxylic acid groups (broad SMARTS) is 1. The van der Waals surface area contributed by atoms with E-state index in [1.807, 2.05) is 13.8 Å². The first kappa shape index (κ1) is 13.1. The van der Waals surface area contributed by atoms with E-state index in [4.69, 9.17) is 9.47 Å². The lowest BCUT2D eigenvalue weighted by Gasteiger charge is -2.10. The Balaban J connectivity index is 2.99. The highest BCUT2D eigenvalue weighted by molar-refractivity contribution is 5.84. The van der Waals surface area contributed by atoms with Gasteiger partial charge in [0.1, 0.15) is 11.5 Å². The molecule has 0 aliphatic rings. The lowest BCUT2D eigenvalue weighted by atomic mass is 10.1. The predicted molar refractivity (Wildman–Crippen MR) is 62.8 cm³/mol. The van der Waals surface area contributed by atoms with Crippen LogP contribution in [0.25, 0.3) is 6.08 Å². The van der Waals surface area contributed by atoms with E-state index in [9.17, 15) is 9.90 Å². The molecule has 0 aliphatic heterocycles. The maximum Gasteiger partial charge on any atom is 0.130 e. The maximum atomic E-state index is 10.3. The minimum Gasteiger partial charge on any atom is -0.545 e. The van der Waals surface area contributed by atoms with Crippen molar-refractivity contribution in [2.24, 2.45) is 0 Å². The summed E-state index contributed by atoms with van der Waals surface area (Å²) in [6, 6.07) is 5.25. The van der Waals surface area contributed by atoms with Crippen LogP contribution in [-0.2, 0) is 4.79 Å². The van der Waals surface area contributed by atoms with Crippen molar-refractivity contribution >= 4 is 12.0 Å². The number of ether oxygens (including phenoxy) is 2. The van der Waals surface area contributed by atoms with Crippen molar-refractivity contribution in [3.8, 4) is 11.5 Å². The van der Waals surface area contributed by atoms with Crippen LogP contribution in [-0.4, -0.2) is 19.2 Å². The van der Waals surface area contributed by atoms with Gasteiger partial charge in [-0.2, -0.15) is 0 Å². The molecule has 17 heavy (non-hydrogen) atoms. The lowest BCUT2D eigenvalue weighted by Crippen LogP contribution is -2.18. The van der Waals surface area contributed by atoms with Crippen LogP contribution in [0.4, 0.5) is 0 Å². The van der Waals surface area contributed by atoms with Gasteiger partial charge in [0.2, 0.25) is 0 Å². The third-order valence-corrected chi connectivity index (χ3v) is 1.99. The molecule has 1 rings (SSSR count). The highest BCUT2D eigenvalue weighted by atomic mass is 16.5. The van der Waals surface area contributed by atoms with Crippen molar-refractivity contribution in [3.63, 3.8) is 0 Å². The molecular weight excluding hydrogens is 220 g/mol. The predicted octanol–water partition coefficient (Wildman–Crippen LogP) is 1.25. The van der Waals surface area contributed by atoms with Gasteiger partial charge in [0.25, 0.3) is 0 Å². The second-order valence-electron chi connectivity index (χ2n) is 3.22. The Kier molecular flexibility index (Phi) is 5.07. The van der Waals surface area contributed by atoms with Crippen LogP contribution in [0.5, 0.6) is 11.5 Å². The zero-order valence-corrected chi connectivity index (χ0v) is 9.93. The average Bonchev–Trinajstić information content (AvgIpc) is 2.28. The molecule has 0 spiro atoms. The quantitative estimate of drug-likeness (QED) is 0.696. The first-order chi connectivity index (χ1) is 8.17. The standard InChI is InChI=1S/C13H16O4/c1-3-16-11-7-5-10(6-8-13(14)15)12(9-11)17-4-2/h5-9H,3-4H2,1-2H3,(H,14,15)/p-1/b8-6+. The molecule has 0 aromatic heterocycles. The van der Waals surface area contributed by atoms with Crippen LogP contribution in [0.2, 0.25) is 0 Å². The Hall–Kier alpha value is -1.97. The van der Waals surface area contributed by atoms with Gasteiger partial charge in [-0.15, -0.1) is 0 Å². The third kappa shape index (κ3) is 4.18. The van der Waals surface area contributed by atoms with Crippen molar-refractivity contribution in [1.29, 1.82) is 0 Å². The number of hydrogen-bond acceptors (Lipinski definition) is 4. The molecule has 0 bridgehead atoms. The summed E-state index contributed by atoms with van der Waals surface area (Å²) in [6.07, 6.45) is 2.41. The third-order valence-electron chi connectivity index (χ3n) is 1.99. The van der Waals surface area contributed by atoms with E-state index in [0.29, 0.717) is 30.3 Å². The fourth-order valence-corrected chi connectivity index (χ4v) is 1.35. The van der Waals surface area contributed by atoms with E-state index in [1.54, 1.807) is 18.2 Å². The van der Waals surface area contributed by atoms with E-state index in [-0.39, 0.29) is 0 Å². The van der Waals surface area contributed by atoms with Crippen LogP contribution in [0.3, 0.4) is 0 Å².